The highest BCUT2D eigenvalue weighted by molar-refractivity contribution is 7.07. The van der Waals surface area contributed by atoms with Gasteiger partial charge in [0, 0.05) is 12.7 Å². The van der Waals surface area contributed by atoms with Crippen LogP contribution in [0.2, 0.25) is 0 Å². The number of nitrogens with zero attached hydrogens (tertiary/aromatic N) is 1. The van der Waals surface area contributed by atoms with Gasteiger partial charge in [0.25, 0.3) is 0 Å². The summed E-state index contributed by atoms with van der Waals surface area (Å²) < 4.78 is 0. The van der Waals surface area contributed by atoms with Gasteiger partial charge in [-0.05, 0) is 41.6 Å². The van der Waals surface area contributed by atoms with E-state index in [0.717, 1.165) is 6.54 Å². The number of aromatic amines is 1. The lowest BCUT2D eigenvalue weighted by Gasteiger charge is -2.14. The van der Waals surface area contributed by atoms with Gasteiger partial charge in [0.15, 0.2) is 5.78 Å². The van der Waals surface area contributed by atoms with E-state index in [0.29, 0.717) is 12.2 Å². The maximum Gasteiger partial charge on any atom is 0.192 e. The van der Waals surface area contributed by atoms with Gasteiger partial charge in [-0.2, -0.15) is 11.3 Å². The number of thiophene rings is 1. The summed E-state index contributed by atoms with van der Waals surface area (Å²) in [4.78, 5) is 16.7. The molecule has 0 atom stereocenters. The fourth-order valence-electron chi connectivity index (χ4n) is 1.58. The van der Waals surface area contributed by atoms with Crippen LogP contribution in [0.3, 0.4) is 0 Å². The molecule has 0 aromatic carbocycles. The molecule has 0 saturated heterocycles. The van der Waals surface area contributed by atoms with E-state index in [9.17, 15) is 4.79 Å². The minimum atomic E-state index is 0.128. The predicted molar refractivity (Wildman–Crippen MR) is 65.8 cm³/mol. The van der Waals surface area contributed by atoms with Crippen molar-refractivity contribution < 1.29 is 4.79 Å². The Hall–Kier alpha value is -1.39. The molecule has 4 heteroatoms. The third kappa shape index (κ3) is 2.81. The summed E-state index contributed by atoms with van der Waals surface area (Å²) in [6, 6.07) is 5.73. The largest absolute Gasteiger partial charge is 0.359 e. The van der Waals surface area contributed by atoms with Crippen molar-refractivity contribution in [2.45, 2.75) is 6.54 Å². The normalized spacial score (nSPS) is 10.9. The van der Waals surface area contributed by atoms with Crippen molar-refractivity contribution in [3.05, 3.63) is 46.4 Å². The van der Waals surface area contributed by atoms with Crippen LogP contribution in [0.15, 0.2) is 35.2 Å². The summed E-state index contributed by atoms with van der Waals surface area (Å²) in [5.41, 5.74) is 1.93. The van der Waals surface area contributed by atoms with Crippen LogP contribution in [-0.2, 0) is 6.54 Å². The van der Waals surface area contributed by atoms with Gasteiger partial charge in [-0.15, -0.1) is 0 Å². The predicted octanol–water partition coefficient (Wildman–Crippen LogP) is 2.39. The molecule has 0 aliphatic rings. The van der Waals surface area contributed by atoms with Crippen molar-refractivity contribution in [2.75, 3.05) is 13.6 Å². The average Bonchev–Trinajstić information content (AvgIpc) is 2.88. The molecule has 3 nitrogen and oxygen atoms in total. The molecule has 0 aliphatic heterocycles. The molecule has 2 aromatic rings. The quantitative estimate of drug-likeness (QED) is 0.806. The van der Waals surface area contributed by atoms with Gasteiger partial charge < -0.3 is 4.98 Å². The Morgan fingerprint density at radius 1 is 1.50 bits per heavy atom. The summed E-state index contributed by atoms with van der Waals surface area (Å²) in [6.45, 7) is 1.26. The summed E-state index contributed by atoms with van der Waals surface area (Å²) >= 11 is 1.68. The zero-order chi connectivity index (χ0) is 11.4. The molecule has 0 fully saturated rings. The van der Waals surface area contributed by atoms with Crippen molar-refractivity contribution >= 4 is 17.1 Å². The molecule has 2 heterocycles. The van der Waals surface area contributed by atoms with E-state index < -0.39 is 0 Å². The number of carbonyl (C=O) groups is 1. The number of nitrogens with one attached hydrogen (secondary N) is 1. The van der Waals surface area contributed by atoms with Crippen LogP contribution in [0.1, 0.15) is 16.1 Å². The molecular formula is C12H14N2OS. The van der Waals surface area contributed by atoms with Crippen molar-refractivity contribution in [3.63, 3.8) is 0 Å². The second kappa shape index (κ2) is 5.09. The number of rotatable bonds is 5. The maximum absolute atomic E-state index is 11.8. The van der Waals surface area contributed by atoms with Gasteiger partial charge in [-0.3, -0.25) is 9.69 Å². The minimum absolute atomic E-state index is 0.128. The van der Waals surface area contributed by atoms with Crippen molar-refractivity contribution in [1.82, 2.24) is 9.88 Å². The first-order valence-electron chi connectivity index (χ1n) is 5.12. The summed E-state index contributed by atoms with van der Waals surface area (Å²) in [7, 11) is 1.96. The van der Waals surface area contributed by atoms with Crippen LogP contribution < -0.4 is 0 Å². The number of aromatic nitrogens is 1. The highest BCUT2D eigenvalue weighted by Crippen LogP contribution is 2.08. The fourth-order valence-corrected chi connectivity index (χ4v) is 2.24. The first-order chi connectivity index (χ1) is 7.75. The van der Waals surface area contributed by atoms with Crippen LogP contribution in [-0.4, -0.2) is 29.3 Å². The minimum Gasteiger partial charge on any atom is -0.359 e. The Morgan fingerprint density at radius 3 is 3.00 bits per heavy atom. The van der Waals surface area contributed by atoms with Crippen LogP contribution in [0.5, 0.6) is 0 Å². The second-order valence-corrected chi connectivity index (χ2v) is 4.59. The first kappa shape index (κ1) is 11.1. The molecule has 0 spiro atoms. The third-order valence-corrected chi connectivity index (χ3v) is 3.08. The molecule has 0 radical (unpaired) electrons. The van der Waals surface area contributed by atoms with E-state index in [1.54, 1.807) is 23.6 Å². The molecular weight excluding hydrogens is 220 g/mol. The van der Waals surface area contributed by atoms with Crippen LogP contribution >= 0.6 is 11.3 Å². The summed E-state index contributed by atoms with van der Waals surface area (Å²) in [5, 5.41) is 4.16. The summed E-state index contributed by atoms with van der Waals surface area (Å²) in [6.07, 6.45) is 1.77. The van der Waals surface area contributed by atoms with Crippen molar-refractivity contribution in [3.8, 4) is 0 Å². The first-order valence-corrected chi connectivity index (χ1v) is 6.06. The van der Waals surface area contributed by atoms with Crippen molar-refractivity contribution in [1.29, 1.82) is 0 Å². The van der Waals surface area contributed by atoms with Gasteiger partial charge >= 0.3 is 0 Å². The van der Waals surface area contributed by atoms with E-state index >= 15 is 0 Å². The molecule has 84 valence electrons. The lowest BCUT2D eigenvalue weighted by atomic mass is 10.2. The highest BCUT2D eigenvalue weighted by atomic mass is 32.1. The van der Waals surface area contributed by atoms with E-state index in [1.807, 2.05) is 18.0 Å². The fraction of sp³-hybridized carbons (Fsp3) is 0.250. The smallest absolute Gasteiger partial charge is 0.192 e. The molecule has 16 heavy (non-hydrogen) atoms. The number of ketones is 1. The zero-order valence-corrected chi connectivity index (χ0v) is 9.96. The SMILES string of the molecule is CN(CC(=O)c1ccc[nH]1)Cc1ccsc1. The van der Waals surface area contributed by atoms with Crippen molar-refractivity contribution in [2.24, 2.45) is 0 Å². The van der Waals surface area contributed by atoms with Crippen LogP contribution in [0.25, 0.3) is 0 Å². The number of hydrogen-bond donors (Lipinski definition) is 1. The summed E-state index contributed by atoms with van der Waals surface area (Å²) in [5.74, 6) is 0.128. The zero-order valence-electron chi connectivity index (χ0n) is 9.14. The van der Waals surface area contributed by atoms with Crippen LogP contribution in [0.4, 0.5) is 0 Å². The molecule has 2 rings (SSSR count). The molecule has 0 aliphatic carbocycles. The van der Waals surface area contributed by atoms with E-state index in [4.69, 9.17) is 0 Å². The number of carbonyl (C=O) groups excluding carboxylic acids is 1. The van der Waals surface area contributed by atoms with E-state index in [1.165, 1.54) is 5.56 Å². The third-order valence-electron chi connectivity index (χ3n) is 2.34. The standard InChI is InChI=1S/C12H14N2OS/c1-14(7-10-4-6-16-9-10)8-12(15)11-3-2-5-13-11/h2-6,9,13H,7-8H2,1H3. The molecule has 0 bridgehead atoms. The van der Waals surface area contributed by atoms with Crippen LogP contribution in [0, 0.1) is 0 Å². The Bertz CT molecular complexity index is 434. The van der Waals surface area contributed by atoms with Gasteiger partial charge in [-0.25, -0.2) is 0 Å². The second-order valence-electron chi connectivity index (χ2n) is 3.81. The Kier molecular flexibility index (Phi) is 3.54. The van der Waals surface area contributed by atoms with Gasteiger partial charge in [0.1, 0.15) is 0 Å². The monoisotopic (exact) mass is 234 g/mol. The Balaban J connectivity index is 1.88. The topological polar surface area (TPSA) is 36.1 Å². The molecule has 1 N–H and O–H groups in total. The molecule has 0 saturated carbocycles. The van der Waals surface area contributed by atoms with E-state index in [2.05, 4.69) is 21.8 Å². The van der Waals surface area contributed by atoms with Gasteiger partial charge in [0.05, 0.1) is 12.2 Å². The average molecular weight is 234 g/mol. The molecule has 0 unspecified atom stereocenters. The lowest BCUT2D eigenvalue weighted by Crippen LogP contribution is -2.25. The molecule has 2 aromatic heterocycles. The Labute approximate surface area is 98.7 Å². The lowest BCUT2D eigenvalue weighted by molar-refractivity contribution is 0.0939. The van der Waals surface area contributed by atoms with Gasteiger partial charge in [0.2, 0.25) is 0 Å². The molecule has 0 amide bonds. The Morgan fingerprint density at radius 2 is 2.38 bits per heavy atom. The maximum atomic E-state index is 11.8. The van der Waals surface area contributed by atoms with E-state index in [-0.39, 0.29) is 5.78 Å². The number of hydrogen-bond acceptors (Lipinski definition) is 3. The number of H-pyrrole nitrogens is 1. The highest BCUT2D eigenvalue weighted by Gasteiger charge is 2.10. The van der Waals surface area contributed by atoms with Gasteiger partial charge in [-0.1, -0.05) is 0 Å². The number of Topliss-reactive ketones (excluding diaryl/α,β-unsaturated/α-hetero) is 1. The number of likely N-dealkylation sites (N-methyl/N-ethyl adjacent to an activating group) is 1.